The lowest BCUT2D eigenvalue weighted by molar-refractivity contribution is -0.160. The molecule has 0 aromatic heterocycles. The number of ketones is 1. The van der Waals surface area contributed by atoms with Crippen molar-refractivity contribution in [1.82, 2.24) is 0 Å². The Labute approximate surface area is 82.4 Å². The normalized spacial score (nSPS) is 9.71. The molecule has 14 heavy (non-hydrogen) atoms. The first-order valence-electron chi connectivity index (χ1n) is 4.36. The quantitative estimate of drug-likeness (QED) is 0.368. The molecule has 0 bridgehead atoms. The fraction of sp³-hybridized carbons (Fsp3) is 0.667. The Hall–Kier alpha value is -1.39. The van der Waals surface area contributed by atoms with Gasteiger partial charge in [-0.3, -0.25) is 9.59 Å². The topological polar surface area (TPSA) is 69.7 Å². The first kappa shape index (κ1) is 12.6. The van der Waals surface area contributed by atoms with E-state index in [0.717, 1.165) is 0 Å². The molecule has 80 valence electrons. The van der Waals surface area contributed by atoms with Crippen LogP contribution >= 0.6 is 0 Å². The minimum atomic E-state index is -0.993. The van der Waals surface area contributed by atoms with Gasteiger partial charge in [0.05, 0.1) is 12.7 Å². The molecule has 5 heteroatoms. The van der Waals surface area contributed by atoms with Crippen LogP contribution in [0.15, 0.2) is 0 Å². The third-order valence-corrected chi connectivity index (χ3v) is 1.18. The molecule has 0 saturated carbocycles. The van der Waals surface area contributed by atoms with E-state index in [2.05, 4.69) is 9.47 Å². The molecule has 0 aromatic rings. The number of hydrogen-bond donors (Lipinski definition) is 0. The lowest BCUT2D eigenvalue weighted by Crippen LogP contribution is -2.24. The number of carbonyl (C=O) groups is 3. The fourth-order valence-corrected chi connectivity index (χ4v) is 0.695. The van der Waals surface area contributed by atoms with Gasteiger partial charge in [0, 0.05) is 0 Å². The summed E-state index contributed by atoms with van der Waals surface area (Å²) in [6.45, 7) is 5.05. The maximum absolute atomic E-state index is 11.0. The largest absolute Gasteiger partial charge is 0.466 e. The van der Waals surface area contributed by atoms with Crippen molar-refractivity contribution in [2.24, 2.45) is 0 Å². The van der Waals surface area contributed by atoms with Gasteiger partial charge in [-0.25, -0.2) is 4.79 Å². The summed E-state index contributed by atoms with van der Waals surface area (Å²) in [6.07, 6.45) is -0.923. The van der Waals surface area contributed by atoms with E-state index in [1.54, 1.807) is 20.8 Å². The summed E-state index contributed by atoms with van der Waals surface area (Å²) < 4.78 is 9.09. The maximum Gasteiger partial charge on any atom is 0.375 e. The first-order chi connectivity index (χ1) is 6.47. The molecule has 5 nitrogen and oxygen atoms in total. The molecule has 0 radical (unpaired) electrons. The zero-order valence-electron chi connectivity index (χ0n) is 8.53. The minimum Gasteiger partial charge on any atom is -0.466 e. The predicted octanol–water partition coefficient (Wildman–Crippen LogP) is 0.460. The fourth-order valence-electron chi connectivity index (χ4n) is 0.695. The molecular formula is C9H14O5. The Balaban J connectivity index is 3.96. The summed E-state index contributed by atoms with van der Waals surface area (Å²) >= 11 is 0. The van der Waals surface area contributed by atoms with Gasteiger partial charge in [-0.2, -0.15) is 0 Å². The highest BCUT2D eigenvalue weighted by molar-refractivity contribution is 6.36. The van der Waals surface area contributed by atoms with Gasteiger partial charge in [-0.15, -0.1) is 0 Å². The number of hydrogen-bond acceptors (Lipinski definition) is 5. The van der Waals surface area contributed by atoms with Crippen LogP contribution in [0.4, 0.5) is 0 Å². The van der Waals surface area contributed by atoms with Crippen LogP contribution in [0.25, 0.3) is 0 Å². The number of Topliss-reactive ketones (excluding diaryl/α,β-unsaturated/α-hetero) is 1. The van der Waals surface area contributed by atoms with Crippen molar-refractivity contribution >= 4 is 17.7 Å². The van der Waals surface area contributed by atoms with Crippen molar-refractivity contribution in [2.75, 3.05) is 6.61 Å². The van der Waals surface area contributed by atoms with Crippen LogP contribution in [0.2, 0.25) is 0 Å². The van der Waals surface area contributed by atoms with E-state index in [4.69, 9.17) is 0 Å². The van der Waals surface area contributed by atoms with Gasteiger partial charge in [0.15, 0.2) is 0 Å². The van der Waals surface area contributed by atoms with Crippen LogP contribution in [-0.2, 0) is 23.9 Å². The van der Waals surface area contributed by atoms with Gasteiger partial charge in [0.1, 0.15) is 6.42 Å². The van der Waals surface area contributed by atoms with Gasteiger partial charge in [0.25, 0.3) is 5.78 Å². The number of rotatable bonds is 5. The summed E-state index contributed by atoms with van der Waals surface area (Å²) in [4.78, 5) is 32.7. The van der Waals surface area contributed by atoms with Crippen LogP contribution in [0.3, 0.4) is 0 Å². The highest BCUT2D eigenvalue weighted by Crippen LogP contribution is 1.95. The monoisotopic (exact) mass is 202 g/mol. The molecule has 0 unspecified atom stereocenters. The number of ether oxygens (including phenoxy) is 2. The molecular weight excluding hydrogens is 188 g/mol. The Morgan fingerprint density at radius 1 is 1.21 bits per heavy atom. The van der Waals surface area contributed by atoms with E-state index < -0.39 is 24.1 Å². The van der Waals surface area contributed by atoms with Crippen molar-refractivity contribution in [3.63, 3.8) is 0 Å². The highest BCUT2D eigenvalue weighted by atomic mass is 16.5. The third kappa shape index (κ3) is 5.29. The van der Waals surface area contributed by atoms with Crippen molar-refractivity contribution in [1.29, 1.82) is 0 Å². The maximum atomic E-state index is 11.0. The zero-order chi connectivity index (χ0) is 11.1. The zero-order valence-corrected chi connectivity index (χ0v) is 8.53. The molecule has 0 aliphatic heterocycles. The highest BCUT2D eigenvalue weighted by Gasteiger charge is 2.20. The lowest BCUT2D eigenvalue weighted by atomic mass is 10.3. The third-order valence-electron chi connectivity index (χ3n) is 1.18. The summed E-state index contributed by atoms with van der Waals surface area (Å²) in [7, 11) is 0. The van der Waals surface area contributed by atoms with E-state index in [0.29, 0.717) is 0 Å². The van der Waals surface area contributed by atoms with Gasteiger partial charge < -0.3 is 9.47 Å². The average Bonchev–Trinajstić information content (AvgIpc) is 2.02. The Morgan fingerprint density at radius 2 is 1.79 bits per heavy atom. The molecule has 0 rings (SSSR count). The van der Waals surface area contributed by atoms with Crippen molar-refractivity contribution in [3.8, 4) is 0 Å². The second-order valence-corrected chi connectivity index (χ2v) is 2.86. The second-order valence-electron chi connectivity index (χ2n) is 2.86. The molecule has 0 aliphatic rings. The summed E-state index contributed by atoms with van der Waals surface area (Å²) in [5.41, 5.74) is 0. The van der Waals surface area contributed by atoms with Crippen LogP contribution in [-0.4, -0.2) is 30.4 Å². The molecule has 0 saturated heterocycles. The standard InChI is InChI=1S/C9H14O5/c1-4-13-8(11)5-7(10)9(12)14-6(2)3/h6H,4-5H2,1-3H3. The van der Waals surface area contributed by atoms with E-state index in [1.165, 1.54) is 0 Å². The van der Waals surface area contributed by atoms with Crippen molar-refractivity contribution in [3.05, 3.63) is 0 Å². The molecule has 0 aliphatic carbocycles. The molecule has 0 spiro atoms. The van der Waals surface area contributed by atoms with Gasteiger partial charge in [-0.1, -0.05) is 0 Å². The predicted molar refractivity (Wildman–Crippen MR) is 47.5 cm³/mol. The second kappa shape index (κ2) is 6.12. The van der Waals surface area contributed by atoms with Gasteiger partial charge in [-0.05, 0) is 20.8 Å². The van der Waals surface area contributed by atoms with Crippen LogP contribution in [0.1, 0.15) is 27.2 Å². The van der Waals surface area contributed by atoms with Crippen LogP contribution < -0.4 is 0 Å². The number of carbonyl (C=O) groups excluding carboxylic acids is 3. The lowest BCUT2D eigenvalue weighted by Gasteiger charge is -2.06. The van der Waals surface area contributed by atoms with E-state index in [9.17, 15) is 14.4 Å². The van der Waals surface area contributed by atoms with Crippen molar-refractivity contribution in [2.45, 2.75) is 33.3 Å². The van der Waals surface area contributed by atoms with Gasteiger partial charge in [0.2, 0.25) is 0 Å². The van der Waals surface area contributed by atoms with Crippen LogP contribution in [0, 0.1) is 0 Å². The molecule has 0 aromatic carbocycles. The van der Waals surface area contributed by atoms with Crippen molar-refractivity contribution < 1.29 is 23.9 Å². The molecule has 0 atom stereocenters. The average molecular weight is 202 g/mol. The SMILES string of the molecule is CCOC(=O)CC(=O)C(=O)OC(C)C. The van der Waals surface area contributed by atoms with Gasteiger partial charge >= 0.3 is 11.9 Å². The Bertz CT molecular complexity index is 231. The van der Waals surface area contributed by atoms with E-state index >= 15 is 0 Å². The summed E-state index contributed by atoms with van der Waals surface area (Å²) in [5.74, 6) is -2.58. The molecule has 0 heterocycles. The summed E-state index contributed by atoms with van der Waals surface area (Å²) in [6, 6.07) is 0. The van der Waals surface area contributed by atoms with E-state index in [-0.39, 0.29) is 12.7 Å². The van der Waals surface area contributed by atoms with Crippen LogP contribution in [0.5, 0.6) is 0 Å². The minimum absolute atomic E-state index is 0.186. The summed E-state index contributed by atoms with van der Waals surface area (Å²) in [5, 5.41) is 0. The first-order valence-corrected chi connectivity index (χ1v) is 4.36. The Kier molecular flexibility index (Phi) is 5.52. The molecule has 0 N–H and O–H groups in total. The number of esters is 2. The Morgan fingerprint density at radius 3 is 2.21 bits per heavy atom. The van der Waals surface area contributed by atoms with E-state index in [1.807, 2.05) is 0 Å². The molecule has 0 fully saturated rings. The molecule has 0 amide bonds. The smallest absolute Gasteiger partial charge is 0.375 e.